The zero-order valence-corrected chi connectivity index (χ0v) is 11.4. The maximum Gasteiger partial charge on any atom is 0.328 e. The van der Waals surface area contributed by atoms with Crippen LogP contribution in [0, 0.1) is 0 Å². The smallest absolute Gasteiger partial charge is 0.328 e. The Hall–Kier alpha value is -1.89. The summed E-state index contributed by atoms with van der Waals surface area (Å²) < 4.78 is 4.95. The average molecular weight is 268 g/mol. The Labute approximate surface area is 112 Å². The first-order valence-electron chi connectivity index (χ1n) is 6.02. The van der Waals surface area contributed by atoms with E-state index in [2.05, 4.69) is 20.6 Å². The summed E-state index contributed by atoms with van der Waals surface area (Å²) in [6.45, 7) is 4.55. The van der Waals surface area contributed by atoms with Gasteiger partial charge >= 0.3 is 5.97 Å². The van der Waals surface area contributed by atoms with Crippen LogP contribution in [0.15, 0.2) is 12.4 Å². The molecule has 19 heavy (non-hydrogen) atoms. The first-order valence-corrected chi connectivity index (χ1v) is 6.02. The lowest BCUT2D eigenvalue weighted by molar-refractivity contribution is -0.141. The highest BCUT2D eigenvalue weighted by atomic mass is 16.5. The van der Waals surface area contributed by atoms with Gasteiger partial charge in [-0.3, -0.25) is 0 Å². The van der Waals surface area contributed by atoms with Gasteiger partial charge in [-0.05, 0) is 20.3 Å². The van der Waals surface area contributed by atoms with Crippen LogP contribution < -0.4 is 10.6 Å². The lowest BCUT2D eigenvalue weighted by Crippen LogP contribution is -2.40. The minimum absolute atomic E-state index is 0.469. The van der Waals surface area contributed by atoms with E-state index in [1.165, 1.54) is 6.33 Å². The predicted molar refractivity (Wildman–Crippen MR) is 72.4 cm³/mol. The summed E-state index contributed by atoms with van der Waals surface area (Å²) in [6, 6.07) is 1.68. The zero-order chi connectivity index (χ0) is 14.3. The van der Waals surface area contributed by atoms with Crippen molar-refractivity contribution in [2.24, 2.45) is 0 Å². The van der Waals surface area contributed by atoms with Crippen molar-refractivity contribution in [3.63, 3.8) is 0 Å². The molecule has 0 aliphatic rings. The number of anilines is 2. The second-order valence-electron chi connectivity index (χ2n) is 4.62. The molecule has 0 atom stereocenters. The van der Waals surface area contributed by atoms with Crippen LogP contribution in [-0.4, -0.2) is 46.8 Å². The summed E-state index contributed by atoms with van der Waals surface area (Å²) >= 11 is 0. The highest BCUT2D eigenvalue weighted by Crippen LogP contribution is 2.15. The number of nitrogens with one attached hydrogen (secondary N) is 2. The fourth-order valence-electron chi connectivity index (χ4n) is 1.33. The van der Waals surface area contributed by atoms with Crippen LogP contribution in [0.3, 0.4) is 0 Å². The van der Waals surface area contributed by atoms with E-state index in [0.29, 0.717) is 18.2 Å². The molecule has 7 nitrogen and oxygen atoms in total. The first kappa shape index (κ1) is 15.2. The predicted octanol–water partition coefficient (Wildman–Crippen LogP) is 1.20. The maximum atomic E-state index is 11.0. The Morgan fingerprint density at radius 1 is 1.42 bits per heavy atom. The monoisotopic (exact) mass is 268 g/mol. The van der Waals surface area contributed by atoms with Gasteiger partial charge in [0.2, 0.25) is 0 Å². The Kier molecular flexibility index (Phi) is 5.50. The SMILES string of the molecule is COCCCNc1cc(NC(C)(C)C(=O)O)ncn1. The van der Waals surface area contributed by atoms with Crippen LogP contribution in [0.2, 0.25) is 0 Å². The van der Waals surface area contributed by atoms with Gasteiger partial charge in [0.1, 0.15) is 23.5 Å². The number of aromatic nitrogens is 2. The third kappa shape index (κ3) is 5.09. The molecule has 0 saturated carbocycles. The summed E-state index contributed by atoms with van der Waals surface area (Å²) in [6.07, 6.45) is 2.25. The van der Waals surface area contributed by atoms with Crippen LogP contribution in [-0.2, 0) is 9.53 Å². The van der Waals surface area contributed by atoms with Crippen molar-refractivity contribution in [2.75, 3.05) is 30.9 Å². The van der Waals surface area contributed by atoms with Crippen LogP contribution in [0.4, 0.5) is 11.6 Å². The van der Waals surface area contributed by atoms with Crippen molar-refractivity contribution < 1.29 is 14.6 Å². The van der Waals surface area contributed by atoms with Crippen LogP contribution in [0.5, 0.6) is 0 Å². The maximum absolute atomic E-state index is 11.0. The standard InChI is InChI=1S/C12H20N4O3/c1-12(2,11(17)18)16-10-7-9(14-8-15-10)13-5-4-6-19-3/h7-8H,4-6H2,1-3H3,(H,17,18)(H2,13,14,15,16). The molecule has 0 aliphatic carbocycles. The van der Waals surface area contributed by atoms with Gasteiger partial charge < -0.3 is 20.5 Å². The third-order valence-corrected chi connectivity index (χ3v) is 2.47. The molecule has 3 N–H and O–H groups in total. The summed E-state index contributed by atoms with van der Waals surface area (Å²) in [4.78, 5) is 19.1. The van der Waals surface area contributed by atoms with E-state index in [0.717, 1.165) is 13.0 Å². The normalized spacial score (nSPS) is 11.1. The number of rotatable bonds is 8. The molecule has 0 bridgehead atoms. The quantitative estimate of drug-likeness (QED) is 0.609. The van der Waals surface area contributed by atoms with Crippen molar-refractivity contribution >= 4 is 17.6 Å². The summed E-state index contributed by atoms with van der Waals surface area (Å²) in [5, 5.41) is 15.0. The van der Waals surface area contributed by atoms with Crippen LogP contribution >= 0.6 is 0 Å². The van der Waals surface area contributed by atoms with Gasteiger partial charge in [0.25, 0.3) is 0 Å². The second kappa shape index (κ2) is 6.89. The van der Waals surface area contributed by atoms with Gasteiger partial charge in [-0.15, -0.1) is 0 Å². The van der Waals surface area contributed by atoms with Crippen molar-refractivity contribution in [1.29, 1.82) is 0 Å². The average Bonchev–Trinajstić information content (AvgIpc) is 2.34. The summed E-state index contributed by atoms with van der Waals surface area (Å²) in [5.41, 5.74) is -1.08. The lowest BCUT2D eigenvalue weighted by atomic mass is 10.1. The van der Waals surface area contributed by atoms with Gasteiger partial charge in [-0.2, -0.15) is 0 Å². The van der Waals surface area contributed by atoms with Gasteiger partial charge in [0.15, 0.2) is 0 Å². The molecule has 1 rings (SSSR count). The van der Waals surface area contributed by atoms with Crippen molar-refractivity contribution in [3.05, 3.63) is 12.4 Å². The number of methoxy groups -OCH3 is 1. The van der Waals surface area contributed by atoms with Gasteiger partial charge in [0.05, 0.1) is 0 Å². The molecular formula is C12H20N4O3. The lowest BCUT2D eigenvalue weighted by Gasteiger charge is -2.21. The molecule has 0 amide bonds. The highest BCUT2D eigenvalue weighted by molar-refractivity contribution is 5.81. The molecule has 0 unspecified atom stereocenters. The van der Waals surface area contributed by atoms with Crippen molar-refractivity contribution in [3.8, 4) is 0 Å². The van der Waals surface area contributed by atoms with E-state index >= 15 is 0 Å². The number of carbonyl (C=O) groups is 1. The molecule has 0 saturated heterocycles. The fraction of sp³-hybridized carbons (Fsp3) is 0.583. The Morgan fingerprint density at radius 3 is 2.74 bits per heavy atom. The minimum atomic E-state index is -1.08. The first-order chi connectivity index (χ1) is 8.95. The Bertz CT molecular complexity index is 423. The molecule has 0 radical (unpaired) electrons. The molecular weight excluding hydrogens is 248 g/mol. The third-order valence-electron chi connectivity index (χ3n) is 2.47. The zero-order valence-electron chi connectivity index (χ0n) is 11.4. The molecule has 1 aromatic heterocycles. The molecule has 0 aliphatic heterocycles. The minimum Gasteiger partial charge on any atom is -0.480 e. The summed E-state index contributed by atoms with van der Waals surface area (Å²) in [5.74, 6) is 0.173. The topological polar surface area (TPSA) is 96.4 Å². The number of hydrogen-bond donors (Lipinski definition) is 3. The Morgan fingerprint density at radius 2 is 2.11 bits per heavy atom. The van der Waals surface area contributed by atoms with Crippen molar-refractivity contribution in [1.82, 2.24) is 9.97 Å². The van der Waals surface area contributed by atoms with Crippen LogP contribution in [0.1, 0.15) is 20.3 Å². The largest absolute Gasteiger partial charge is 0.480 e. The number of carboxylic acids is 1. The highest BCUT2D eigenvalue weighted by Gasteiger charge is 2.27. The van der Waals surface area contributed by atoms with E-state index < -0.39 is 11.5 Å². The van der Waals surface area contributed by atoms with E-state index in [9.17, 15) is 4.79 Å². The molecule has 0 spiro atoms. The molecule has 106 valence electrons. The van der Waals surface area contributed by atoms with Gasteiger partial charge in [0, 0.05) is 26.3 Å². The summed E-state index contributed by atoms with van der Waals surface area (Å²) in [7, 11) is 1.65. The molecule has 7 heteroatoms. The van der Waals surface area contributed by atoms with Gasteiger partial charge in [-0.25, -0.2) is 14.8 Å². The second-order valence-corrected chi connectivity index (χ2v) is 4.62. The number of aliphatic carboxylic acids is 1. The fourth-order valence-corrected chi connectivity index (χ4v) is 1.33. The van der Waals surface area contributed by atoms with Crippen LogP contribution in [0.25, 0.3) is 0 Å². The van der Waals surface area contributed by atoms with E-state index in [1.807, 2.05) is 0 Å². The molecule has 1 heterocycles. The number of ether oxygens (including phenoxy) is 1. The van der Waals surface area contributed by atoms with Gasteiger partial charge in [-0.1, -0.05) is 0 Å². The van der Waals surface area contributed by atoms with E-state index in [1.54, 1.807) is 27.0 Å². The van der Waals surface area contributed by atoms with E-state index in [-0.39, 0.29) is 0 Å². The molecule has 0 aromatic carbocycles. The number of hydrogen-bond acceptors (Lipinski definition) is 6. The van der Waals surface area contributed by atoms with Crippen molar-refractivity contribution in [2.45, 2.75) is 25.8 Å². The molecule has 0 fully saturated rings. The molecule has 1 aromatic rings. The number of nitrogens with zero attached hydrogens (tertiary/aromatic N) is 2. The number of carboxylic acid groups (broad SMARTS) is 1. The Balaban J connectivity index is 2.59. The van der Waals surface area contributed by atoms with E-state index in [4.69, 9.17) is 9.84 Å².